The zero-order valence-electron chi connectivity index (χ0n) is 10.4. The molecule has 2 N–H and O–H groups in total. The third-order valence-corrected chi connectivity index (χ3v) is 6.48. The summed E-state index contributed by atoms with van der Waals surface area (Å²) in [4.78, 5) is 11.2. The van der Waals surface area contributed by atoms with Crippen molar-refractivity contribution < 1.29 is 18.3 Å². The van der Waals surface area contributed by atoms with E-state index in [9.17, 15) is 13.2 Å². The number of halogens is 2. The van der Waals surface area contributed by atoms with Crippen LogP contribution in [0.5, 0.6) is 0 Å². The van der Waals surface area contributed by atoms with Crippen molar-refractivity contribution in [2.45, 2.75) is 31.7 Å². The van der Waals surface area contributed by atoms with E-state index < -0.39 is 27.4 Å². The predicted octanol–water partition coefficient (Wildman–Crippen LogP) is 3.05. The monoisotopic (exact) mass is 433 g/mol. The molecular formula is C10H13Br2NO4S2. The fourth-order valence-corrected chi connectivity index (χ4v) is 6.53. The molecule has 0 radical (unpaired) electrons. The summed E-state index contributed by atoms with van der Waals surface area (Å²) in [7, 11) is -3.89. The van der Waals surface area contributed by atoms with Crippen LogP contribution in [-0.4, -0.2) is 25.5 Å². The Bertz CT molecular complexity index is 589. The first-order valence-electron chi connectivity index (χ1n) is 5.15. The lowest BCUT2D eigenvalue weighted by molar-refractivity contribution is -0.141. The molecule has 0 bridgehead atoms. The topological polar surface area (TPSA) is 83.5 Å². The Labute approximate surface area is 132 Å². The summed E-state index contributed by atoms with van der Waals surface area (Å²) in [6.45, 7) is 4.98. The average Bonchev–Trinajstić information content (AvgIpc) is 2.53. The third-order valence-electron chi connectivity index (χ3n) is 2.30. The van der Waals surface area contributed by atoms with Gasteiger partial charge in [0.2, 0.25) is 10.0 Å². The van der Waals surface area contributed by atoms with Gasteiger partial charge in [-0.2, -0.15) is 4.72 Å². The number of carbonyl (C=O) groups is 1. The van der Waals surface area contributed by atoms with Gasteiger partial charge < -0.3 is 5.11 Å². The second-order valence-electron chi connectivity index (χ2n) is 4.95. The fourth-order valence-electron chi connectivity index (χ4n) is 1.32. The summed E-state index contributed by atoms with van der Waals surface area (Å²) >= 11 is 7.55. The lowest BCUT2D eigenvalue weighted by Crippen LogP contribution is -2.48. The van der Waals surface area contributed by atoms with Crippen molar-refractivity contribution >= 4 is 59.2 Å². The Morgan fingerprint density at radius 1 is 1.42 bits per heavy atom. The van der Waals surface area contributed by atoms with Gasteiger partial charge in [0.1, 0.15) is 10.9 Å². The van der Waals surface area contributed by atoms with Crippen LogP contribution >= 0.6 is 43.2 Å². The second-order valence-corrected chi connectivity index (χ2v) is 10.4. The van der Waals surface area contributed by atoms with Crippen LogP contribution < -0.4 is 4.72 Å². The van der Waals surface area contributed by atoms with Gasteiger partial charge in [-0.3, -0.25) is 4.79 Å². The molecule has 0 fully saturated rings. The summed E-state index contributed by atoms with van der Waals surface area (Å²) in [5.74, 6) is -1.21. The molecule has 0 aliphatic rings. The van der Waals surface area contributed by atoms with E-state index in [-0.39, 0.29) is 4.90 Å². The molecule has 0 unspecified atom stereocenters. The van der Waals surface area contributed by atoms with Crippen LogP contribution in [0.3, 0.4) is 0 Å². The van der Waals surface area contributed by atoms with E-state index in [1.807, 2.05) is 0 Å². The van der Waals surface area contributed by atoms with E-state index >= 15 is 0 Å². The molecule has 5 nitrogen and oxygen atoms in total. The van der Waals surface area contributed by atoms with Gasteiger partial charge in [0.05, 0.1) is 7.57 Å². The van der Waals surface area contributed by atoms with Gasteiger partial charge in [-0.05, 0) is 43.3 Å². The van der Waals surface area contributed by atoms with Crippen molar-refractivity contribution in [1.82, 2.24) is 4.72 Å². The van der Waals surface area contributed by atoms with E-state index in [1.54, 1.807) is 20.8 Å². The van der Waals surface area contributed by atoms with Crippen LogP contribution in [0.15, 0.2) is 18.5 Å². The quantitative estimate of drug-likeness (QED) is 0.762. The molecule has 9 heteroatoms. The first-order chi connectivity index (χ1) is 8.45. The molecule has 0 saturated carbocycles. The molecule has 0 aromatic carbocycles. The molecule has 1 aromatic rings. The highest BCUT2D eigenvalue weighted by Crippen LogP contribution is 2.35. The van der Waals surface area contributed by atoms with E-state index in [2.05, 4.69) is 36.6 Å². The number of hydrogen-bond donors (Lipinski definition) is 2. The van der Waals surface area contributed by atoms with Crippen LogP contribution in [0, 0.1) is 5.41 Å². The van der Waals surface area contributed by atoms with Crippen LogP contribution in [0.2, 0.25) is 0 Å². The molecule has 19 heavy (non-hydrogen) atoms. The number of hydrogen-bond acceptors (Lipinski definition) is 4. The van der Waals surface area contributed by atoms with Gasteiger partial charge in [-0.25, -0.2) is 8.42 Å². The highest BCUT2D eigenvalue weighted by atomic mass is 79.9. The summed E-state index contributed by atoms with van der Waals surface area (Å²) < 4.78 is 27.7. The molecule has 1 heterocycles. The second kappa shape index (κ2) is 5.80. The van der Waals surface area contributed by atoms with Gasteiger partial charge >= 0.3 is 5.97 Å². The summed E-state index contributed by atoms with van der Waals surface area (Å²) in [6, 6.07) is 0.224. The van der Waals surface area contributed by atoms with Gasteiger partial charge in [0.25, 0.3) is 0 Å². The molecule has 0 amide bonds. The first kappa shape index (κ1) is 17.1. The number of aliphatic carboxylic acids is 1. The number of carboxylic acid groups (broad SMARTS) is 1. The highest BCUT2D eigenvalue weighted by molar-refractivity contribution is 9.12. The van der Waals surface area contributed by atoms with E-state index in [0.29, 0.717) is 7.57 Å². The third kappa shape index (κ3) is 4.25. The van der Waals surface area contributed by atoms with Crippen LogP contribution in [0.4, 0.5) is 0 Å². The highest BCUT2D eigenvalue weighted by Gasteiger charge is 2.36. The predicted molar refractivity (Wildman–Crippen MR) is 80.9 cm³/mol. The Balaban J connectivity index is 3.15. The lowest BCUT2D eigenvalue weighted by Gasteiger charge is -2.27. The molecular weight excluding hydrogens is 422 g/mol. The van der Waals surface area contributed by atoms with Crippen molar-refractivity contribution in [1.29, 1.82) is 0 Å². The Morgan fingerprint density at radius 3 is 2.26 bits per heavy atom. The molecule has 0 spiro atoms. The summed E-state index contributed by atoms with van der Waals surface area (Å²) in [5, 5.41) is 9.15. The van der Waals surface area contributed by atoms with E-state index in [4.69, 9.17) is 5.11 Å². The van der Waals surface area contributed by atoms with Gasteiger partial charge in [0.15, 0.2) is 0 Å². The molecule has 108 valence electrons. The summed E-state index contributed by atoms with van der Waals surface area (Å²) in [5.41, 5.74) is -0.737. The SMILES string of the molecule is CC(C)(C)[C@@H](NS(=O)(=O)c1cc(Br)sc1Br)C(=O)O. The zero-order valence-corrected chi connectivity index (χ0v) is 15.2. The Hall–Kier alpha value is 0.0400. The number of sulfonamides is 1. The minimum absolute atomic E-state index is 0.0277. The molecule has 0 aliphatic heterocycles. The number of carboxylic acids is 1. The maximum Gasteiger partial charge on any atom is 0.322 e. The first-order valence-corrected chi connectivity index (χ1v) is 9.03. The van der Waals surface area contributed by atoms with Crippen molar-refractivity contribution in [3.8, 4) is 0 Å². The standard InChI is InChI=1S/C10H13Br2NO4S2/c1-10(2,3)7(9(14)15)13-19(16,17)5-4-6(11)18-8(5)12/h4,7,13H,1-3H3,(H,14,15)/t7-/m0/s1. The minimum atomic E-state index is -3.89. The average molecular weight is 435 g/mol. The van der Waals surface area contributed by atoms with Crippen LogP contribution in [0.1, 0.15) is 20.8 Å². The van der Waals surface area contributed by atoms with Gasteiger partial charge in [0, 0.05) is 0 Å². The van der Waals surface area contributed by atoms with Gasteiger partial charge in [-0.15, -0.1) is 11.3 Å². The zero-order chi connectivity index (χ0) is 15.0. The molecule has 1 atom stereocenters. The molecule has 1 rings (SSSR count). The van der Waals surface area contributed by atoms with Gasteiger partial charge in [-0.1, -0.05) is 20.8 Å². The van der Waals surface area contributed by atoms with Crippen molar-refractivity contribution in [2.75, 3.05) is 0 Å². The summed E-state index contributed by atoms with van der Waals surface area (Å²) in [6.07, 6.45) is 0. The maximum atomic E-state index is 12.2. The van der Waals surface area contributed by atoms with Crippen LogP contribution in [-0.2, 0) is 14.8 Å². The number of rotatable bonds is 4. The Kier molecular flexibility index (Phi) is 5.22. The van der Waals surface area contributed by atoms with E-state index in [1.165, 1.54) is 17.4 Å². The van der Waals surface area contributed by atoms with Crippen LogP contribution in [0.25, 0.3) is 0 Å². The maximum absolute atomic E-state index is 12.2. The largest absolute Gasteiger partial charge is 0.480 e. The minimum Gasteiger partial charge on any atom is -0.480 e. The Morgan fingerprint density at radius 2 is 1.95 bits per heavy atom. The number of thiophene rings is 1. The lowest BCUT2D eigenvalue weighted by atomic mass is 9.88. The fraction of sp³-hybridized carbons (Fsp3) is 0.500. The normalized spacial score (nSPS) is 14.4. The smallest absolute Gasteiger partial charge is 0.322 e. The molecule has 1 aromatic heterocycles. The van der Waals surface area contributed by atoms with Crippen molar-refractivity contribution in [3.63, 3.8) is 0 Å². The number of nitrogens with one attached hydrogen (secondary N) is 1. The molecule has 0 aliphatic carbocycles. The van der Waals surface area contributed by atoms with E-state index in [0.717, 1.165) is 0 Å². The van der Waals surface area contributed by atoms with Crippen molar-refractivity contribution in [2.24, 2.45) is 5.41 Å². The molecule has 0 saturated heterocycles. The van der Waals surface area contributed by atoms with Crippen molar-refractivity contribution in [3.05, 3.63) is 13.6 Å².